The van der Waals surface area contributed by atoms with Crippen molar-refractivity contribution in [2.45, 2.75) is 155 Å². The van der Waals surface area contributed by atoms with Gasteiger partial charge in [-0.1, -0.05) is 142 Å². The van der Waals surface area contributed by atoms with Gasteiger partial charge in [0, 0.05) is 22.1 Å². The monoisotopic (exact) mass is 656 g/mol. The van der Waals surface area contributed by atoms with Gasteiger partial charge in [-0.05, 0) is 73.2 Å². The van der Waals surface area contributed by atoms with E-state index in [0.29, 0.717) is 0 Å². The number of unbranched alkanes of at least 4 members (excludes halogenated alkanes) is 18. The summed E-state index contributed by atoms with van der Waals surface area (Å²) >= 11 is 3.68. The van der Waals surface area contributed by atoms with E-state index in [1.54, 1.807) is 0 Å². The predicted molar refractivity (Wildman–Crippen MR) is 205 cm³/mol. The lowest BCUT2D eigenvalue weighted by atomic mass is 10.0. The van der Waals surface area contributed by atoms with Crippen molar-refractivity contribution in [3.8, 4) is 30.9 Å². The van der Waals surface area contributed by atoms with Crippen LogP contribution in [0, 0.1) is 0 Å². The van der Waals surface area contributed by atoms with E-state index in [9.17, 15) is 0 Å². The normalized spacial score (nSPS) is 11.4. The molecule has 0 aromatic carbocycles. The minimum absolute atomic E-state index is 1.08. The summed E-state index contributed by atoms with van der Waals surface area (Å²) < 4.78 is 0. The van der Waals surface area contributed by atoms with Crippen LogP contribution in [0.5, 0.6) is 0 Å². The number of nitrogens with zero attached hydrogens (tertiary/aromatic N) is 2. The van der Waals surface area contributed by atoms with Crippen LogP contribution in [-0.4, -0.2) is 9.97 Å². The van der Waals surface area contributed by atoms with E-state index in [1.807, 2.05) is 22.7 Å². The van der Waals surface area contributed by atoms with Gasteiger partial charge >= 0.3 is 0 Å². The number of aryl methyl sites for hydroxylation is 2. The van der Waals surface area contributed by atoms with Gasteiger partial charge in [0.05, 0.1) is 21.1 Å². The van der Waals surface area contributed by atoms with Crippen molar-refractivity contribution >= 4 is 22.7 Å². The fourth-order valence-corrected chi connectivity index (χ4v) is 8.34. The quantitative estimate of drug-likeness (QED) is 0.0663. The Labute approximate surface area is 289 Å². The summed E-state index contributed by atoms with van der Waals surface area (Å²) in [4.78, 5) is 14.8. The van der Waals surface area contributed by atoms with E-state index < -0.39 is 0 Å². The molecule has 0 fully saturated rings. The second-order valence-electron chi connectivity index (χ2n) is 13.3. The fraction of sp³-hybridized carbons (Fsp3) is 0.571. The summed E-state index contributed by atoms with van der Waals surface area (Å²) in [6, 6.07) is 17.9. The molecule has 46 heavy (non-hydrogen) atoms. The first-order valence-corrected chi connectivity index (χ1v) is 20.5. The van der Waals surface area contributed by atoms with Crippen LogP contribution in [0.4, 0.5) is 0 Å². The van der Waals surface area contributed by atoms with Gasteiger partial charge in [-0.2, -0.15) is 0 Å². The van der Waals surface area contributed by atoms with Gasteiger partial charge in [0.15, 0.2) is 0 Å². The molecule has 0 unspecified atom stereocenters. The fourth-order valence-electron chi connectivity index (χ4n) is 6.29. The maximum absolute atomic E-state index is 4.84. The molecule has 0 amide bonds. The van der Waals surface area contributed by atoms with Crippen LogP contribution in [0.1, 0.15) is 153 Å². The molecule has 0 radical (unpaired) electrons. The van der Waals surface area contributed by atoms with E-state index in [-0.39, 0.29) is 0 Å². The largest absolute Gasteiger partial charge is 0.255 e. The second kappa shape index (κ2) is 22.3. The van der Waals surface area contributed by atoms with Crippen molar-refractivity contribution in [2.75, 3.05) is 0 Å². The van der Waals surface area contributed by atoms with Gasteiger partial charge in [-0.15, -0.1) is 22.7 Å². The number of hydrogen-bond donors (Lipinski definition) is 0. The molecule has 0 aliphatic carbocycles. The zero-order valence-electron chi connectivity index (χ0n) is 29.0. The smallest absolute Gasteiger partial charge is 0.0802 e. The Morgan fingerprint density at radius 3 is 1.02 bits per heavy atom. The highest BCUT2D eigenvalue weighted by Crippen LogP contribution is 2.39. The van der Waals surface area contributed by atoms with E-state index >= 15 is 0 Å². The SMILES string of the molecule is CCCCCCCCCCCCc1ccc(-c2ccc(-c3ccc(-c4ccc(CCCCCCCCCCCC)cn4)s3)s2)nc1. The molecule has 4 heteroatoms. The van der Waals surface area contributed by atoms with Gasteiger partial charge in [-0.3, -0.25) is 9.97 Å². The Hall–Kier alpha value is -2.30. The molecular weight excluding hydrogens is 597 g/mol. The Bertz CT molecular complexity index is 1210. The number of hydrogen-bond acceptors (Lipinski definition) is 4. The molecule has 0 bridgehead atoms. The third-order valence-electron chi connectivity index (χ3n) is 9.25. The molecule has 0 saturated carbocycles. The first-order chi connectivity index (χ1) is 22.8. The molecule has 2 nitrogen and oxygen atoms in total. The predicted octanol–water partition coefficient (Wildman–Crippen LogP) is 14.5. The van der Waals surface area contributed by atoms with Gasteiger partial charge in [-0.25, -0.2) is 0 Å². The van der Waals surface area contributed by atoms with Gasteiger partial charge in [0.25, 0.3) is 0 Å². The number of pyridine rings is 2. The molecule has 4 heterocycles. The average molecular weight is 657 g/mol. The van der Waals surface area contributed by atoms with Crippen molar-refractivity contribution in [1.29, 1.82) is 0 Å². The molecule has 4 aromatic rings. The van der Waals surface area contributed by atoms with Crippen molar-refractivity contribution in [2.24, 2.45) is 0 Å². The zero-order valence-corrected chi connectivity index (χ0v) is 30.7. The van der Waals surface area contributed by atoms with Crippen molar-refractivity contribution in [3.63, 3.8) is 0 Å². The lowest BCUT2D eigenvalue weighted by molar-refractivity contribution is 0.556. The molecule has 0 atom stereocenters. The molecule has 0 saturated heterocycles. The van der Waals surface area contributed by atoms with Crippen molar-refractivity contribution < 1.29 is 0 Å². The summed E-state index contributed by atoms with van der Waals surface area (Å²) in [5.41, 5.74) is 4.90. The zero-order chi connectivity index (χ0) is 32.1. The van der Waals surface area contributed by atoms with Crippen molar-refractivity contribution in [3.05, 3.63) is 72.1 Å². The summed E-state index contributed by atoms with van der Waals surface area (Å²) in [6.07, 6.45) is 34.1. The Morgan fingerprint density at radius 2 is 0.696 bits per heavy atom. The minimum Gasteiger partial charge on any atom is -0.255 e. The summed E-state index contributed by atoms with van der Waals surface area (Å²) in [6.45, 7) is 4.58. The number of thiophene rings is 2. The second-order valence-corrected chi connectivity index (χ2v) is 15.5. The molecule has 0 aliphatic rings. The highest BCUT2D eigenvalue weighted by atomic mass is 32.1. The maximum atomic E-state index is 4.84. The minimum atomic E-state index is 1.08. The van der Waals surface area contributed by atoms with E-state index in [2.05, 4.69) is 74.8 Å². The standard InChI is InChI=1S/C42H60N2S2/c1-3-5-7-9-11-13-15-17-19-21-23-35-25-27-37(43-33-35)39-29-31-41(45-39)42-32-30-40(46-42)38-28-26-36(34-44-38)24-22-20-18-16-14-12-10-8-6-4-2/h25-34H,3-24H2,1-2H3. The highest BCUT2D eigenvalue weighted by molar-refractivity contribution is 7.25. The topological polar surface area (TPSA) is 25.8 Å². The molecule has 250 valence electrons. The van der Waals surface area contributed by atoms with Crippen LogP contribution >= 0.6 is 22.7 Å². The van der Waals surface area contributed by atoms with Gasteiger partial charge in [0.1, 0.15) is 0 Å². The first-order valence-electron chi connectivity index (χ1n) is 18.9. The van der Waals surface area contributed by atoms with Crippen LogP contribution in [0.15, 0.2) is 60.9 Å². The summed E-state index contributed by atoms with van der Waals surface area (Å²) in [5, 5.41) is 0. The molecule has 0 N–H and O–H groups in total. The molecular formula is C42H60N2S2. The number of aromatic nitrogens is 2. The Morgan fingerprint density at radius 1 is 0.370 bits per heavy atom. The van der Waals surface area contributed by atoms with E-state index in [4.69, 9.17) is 9.97 Å². The summed E-state index contributed by atoms with van der Waals surface area (Å²) in [5.74, 6) is 0. The molecule has 4 aromatic heterocycles. The number of rotatable bonds is 25. The summed E-state index contributed by atoms with van der Waals surface area (Å²) in [7, 11) is 0. The average Bonchev–Trinajstić information content (AvgIpc) is 3.78. The van der Waals surface area contributed by atoms with Gasteiger partial charge in [0.2, 0.25) is 0 Å². The van der Waals surface area contributed by atoms with Crippen LogP contribution in [-0.2, 0) is 12.8 Å². The van der Waals surface area contributed by atoms with Crippen LogP contribution < -0.4 is 0 Å². The van der Waals surface area contributed by atoms with Crippen LogP contribution in [0.2, 0.25) is 0 Å². The third-order valence-corrected chi connectivity index (χ3v) is 11.7. The van der Waals surface area contributed by atoms with E-state index in [1.165, 1.54) is 159 Å². The molecule has 0 aliphatic heterocycles. The van der Waals surface area contributed by atoms with Crippen LogP contribution in [0.25, 0.3) is 30.9 Å². The third kappa shape index (κ3) is 13.4. The lowest BCUT2D eigenvalue weighted by Crippen LogP contribution is -1.89. The Kier molecular flexibility index (Phi) is 17.7. The first kappa shape index (κ1) is 36.5. The van der Waals surface area contributed by atoms with Crippen LogP contribution in [0.3, 0.4) is 0 Å². The highest BCUT2D eigenvalue weighted by Gasteiger charge is 2.11. The Balaban J connectivity index is 1.14. The van der Waals surface area contributed by atoms with Crippen molar-refractivity contribution in [1.82, 2.24) is 9.97 Å². The van der Waals surface area contributed by atoms with E-state index in [0.717, 1.165) is 24.2 Å². The molecule has 0 spiro atoms. The van der Waals surface area contributed by atoms with Gasteiger partial charge < -0.3 is 0 Å². The lowest BCUT2D eigenvalue weighted by Gasteiger charge is -2.04. The maximum Gasteiger partial charge on any atom is 0.0802 e. The molecule has 4 rings (SSSR count).